The van der Waals surface area contributed by atoms with Crippen LogP contribution in [0.3, 0.4) is 0 Å². The number of rotatable bonds is 11. The molecule has 1 N–H and O–H groups in total. The van der Waals surface area contributed by atoms with Gasteiger partial charge in [0.05, 0.1) is 25.5 Å². The van der Waals surface area contributed by atoms with Crippen LogP contribution in [0.2, 0.25) is 0 Å². The van der Waals surface area contributed by atoms with Crippen molar-refractivity contribution in [1.29, 1.82) is 0 Å². The van der Waals surface area contributed by atoms with Crippen molar-refractivity contribution in [2.45, 2.75) is 26.8 Å². The first kappa shape index (κ1) is 26.8. The van der Waals surface area contributed by atoms with E-state index in [1.807, 2.05) is 38.1 Å². The summed E-state index contributed by atoms with van der Waals surface area (Å²) in [4.78, 5) is 16.0. The van der Waals surface area contributed by atoms with Crippen LogP contribution in [-0.2, 0) is 32.7 Å². The molecule has 1 aliphatic rings. The average molecular weight is 530 g/mol. The van der Waals surface area contributed by atoms with Crippen LogP contribution in [0.15, 0.2) is 52.9 Å². The van der Waals surface area contributed by atoms with Crippen LogP contribution in [0.25, 0.3) is 11.5 Å². The van der Waals surface area contributed by atoms with Gasteiger partial charge in [-0.25, -0.2) is 4.98 Å². The van der Waals surface area contributed by atoms with Gasteiger partial charge in [-0.3, -0.25) is 4.79 Å². The lowest BCUT2D eigenvalue weighted by Crippen LogP contribution is -2.49. The predicted octanol–water partition coefficient (Wildman–Crippen LogP) is 3.04. The molecule has 0 spiro atoms. The number of benzene rings is 2. The molecule has 1 fully saturated rings. The summed E-state index contributed by atoms with van der Waals surface area (Å²) in [5, 5.41) is 9.32. The van der Waals surface area contributed by atoms with E-state index in [1.54, 1.807) is 24.3 Å². The lowest BCUT2D eigenvalue weighted by molar-refractivity contribution is -0.137. The Morgan fingerprint density at radius 2 is 1.86 bits per heavy atom. The Morgan fingerprint density at radius 1 is 1.14 bits per heavy atom. The molecule has 0 radical (unpaired) electrons. The number of hydrogen-bond acceptors (Lipinski definition) is 7. The van der Waals surface area contributed by atoms with Crippen molar-refractivity contribution in [1.82, 2.24) is 13.6 Å². The third-order valence-corrected chi connectivity index (χ3v) is 7.92. The number of carboxylic acid groups (broad SMARTS) is 1. The highest BCUT2D eigenvalue weighted by atomic mass is 32.2. The zero-order valence-corrected chi connectivity index (χ0v) is 21.7. The van der Waals surface area contributed by atoms with E-state index in [0.717, 1.165) is 26.9 Å². The molecule has 0 saturated carbocycles. The fourth-order valence-corrected chi connectivity index (χ4v) is 5.52. The van der Waals surface area contributed by atoms with Crippen LogP contribution < -0.4 is 4.74 Å². The van der Waals surface area contributed by atoms with E-state index in [0.29, 0.717) is 30.2 Å². The first-order valence-corrected chi connectivity index (χ1v) is 13.4. The van der Waals surface area contributed by atoms with E-state index < -0.39 is 22.7 Å². The minimum absolute atomic E-state index is 0.0918. The van der Waals surface area contributed by atoms with Crippen molar-refractivity contribution in [3.05, 3.63) is 71.1 Å². The molecule has 11 heteroatoms. The Hall–Kier alpha value is -3.25. The molecule has 37 heavy (non-hydrogen) atoms. The first-order chi connectivity index (χ1) is 17.7. The maximum absolute atomic E-state index is 13.1. The summed E-state index contributed by atoms with van der Waals surface area (Å²) in [7, 11) is -3.96. The normalized spacial score (nSPS) is 14.7. The molecule has 0 atom stereocenters. The topological polar surface area (TPSA) is 122 Å². The van der Waals surface area contributed by atoms with Crippen LogP contribution in [-0.4, -0.2) is 72.5 Å². The lowest BCUT2D eigenvalue weighted by atomic mass is 10.1. The molecule has 2 aromatic carbocycles. The molecule has 0 unspecified atom stereocenters. The fraction of sp³-hybridized carbons (Fsp3) is 0.385. The van der Waals surface area contributed by atoms with Crippen molar-refractivity contribution in [2.75, 3.05) is 39.5 Å². The zero-order chi connectivity index (χ0) is 26.4. The molecular weight excluding hydrogens is 498 g/mol. The second-order valence-electron chi connectivity index (χ2n) is 8.81. The summed E-state index contributed by atoms with van der Waals surface area (Å²) in [5.74, 6) is 0.619. The number of oxazole rings is 1. The molecule has 0 aliphatic carbocycles. The molecule has 1 aromatic heterocycles. The molecule has 1 aliphatic heterocycles. The highest BCUT2D eigenvalue weighted by molar-refractivity contribution is 7.86. The zero-order valence-electron chi connectivity index (χ0n) is 20.9. The maximum atomic E-state index is 13.1. The predicted molar refractivity (Wildman–Crippen MR) is 136 cm³/mol. The SMILES string of the molecule is Cc1ccc(-c2nc(CCOc3cccc(CN(CC(=O)O)S(=O)(=O)N4CCOCC4)c3)c(C)o2)cc1. The Balaban J connectivity index is 1.39. The molecule has 1 saturated heterocycles. The Morgan fingerprint density at radius 3 is 2.57 bits per heavy atom. The van der Waals surface area contributed by atoms with E-state index >= 15 is 0 Å². The van der Waals surface area contributed by atoms with Gasteiger partial charge in [-0.1, -0.05) is 29.8 Å². The van der Waals surface area contributed by atoms with Crippen LogP contribution >= 0.6 is 0 Å². The number of carboxylic acids is 1. The summed E-state index contributed by atoms with van der Waals surface area (Å²) >= 11 is 0. The number of ether oxygens (including phenoxy) is 2. The number of aromatic nitrogens is 1. The molecule has 0 amide bonds. The molecule has 10 nitrogen and oxygen atoms in total. The van der Waals surface area contributed by atoms with Gasteiger partial charge in [0.1, 0.15) is 18.1 Å². The minimum atomic E-state index is -3.96. The van der Waals surface area contributed by atoms with Crippen molar-refractivity contribution >= 4 is 16.2 Å². The summed E-state index contributed by atoms with van der Waals surface area (Å²) in [6.45, 7) is 4.44. The molecule has 2 heterocycles. The average Bonchev–Trinajstić information content (AvgIpc) is 3.25. The monoisotopic (exact) mass is 529 g/mol. The van der Waals surface area contributed by atoms with E-state index in [-0.39, 0.29) is 32.8 Å². The highest BCUT2D eigenvalue weighted by Gasteiger charge is 2.32. The van der Waals surface area contributed by atoms with Gasteiger partial charge in [0.25, 0.3) is 10.2 Å². The van der Waals surface area contributed by atoms with Gasteiger partial charge < -0.3 is 19.0 Å². The summed E-state index contributed by atoms with van der Waals surface area (Å²) in [5.41, 5.74) is 3.49. The number of aryl methyl sites for hydroxylation is 2. The third-order valence-electron chi connectivity index (χ3n) is 5.99. The van der Waals surface area contributed by atoms with Gasteiger partial charge in [-0.2, -0.15) is 17.0 Å². The molecule has 4 rings (SSSR count). The highest BCUT2D eigenvalue weighted by Crippen LogP contribution is 2.23. The number of morpholine rings is 1. The number of aliphatic carboxylic acids is 1. The van der Waals surface area contributed by atoms with Crippen LogP contribution in [0.5, 0.6) is 5.75 Å². The van der Waals surface area contributed by atoms with E-state index in [1.165, 1.54) is 4.31 Å². The minimum Gasteiger partial charge on any atom is -0.493 e. The van der Waals surface area contributed by atoms with Crippen LogP contribution in [0, 0.1) is 13.8 Å². The summed E-state index contributed by atoms with van der Waals surface area (Å²) in [6.07, 6.45) is 0.530. The van der Waals surface area contributed by atoms with E-state index in [2.05, 4.69) is 4.98 Å². The van der Waals surface area contributed by atoms with Crippen molar-refractivity contribution < 1.29 is 32.2 Å². The smallest absolute Gasteiger partial charge is 0.318 e. The number of hydrogen-bond donors (Lipinski definition) is 1. The Kier molecular flexibility index (Phi) is 8.59. The number of carbonyl (C=O) groups is 1. The van der Waals surface area contributed by atoms with Crippen LogP contribution in [0.4, 0.5) is 0 Å². The molecule has 3 aromatic rings. The molecule has 0 bridgehead atoms. The number of nitrogens with zero attached hydrogens (tertiary/aromatic N) is 3. The Labute approximate surface area is 216 Å². The van der Waals surface area contributed by atoms with E-state index in [4.69, 9.17) is 13.9 Å². The van der Waals surface area contributed by atoms with Crippen molar-refractivity contribution in [2.24, 2.45) is 0 Å². The standard InChI is InChI=1S/C26H31N3O7S/c1-19-6-8-22(9-7-19)26-27-24(20(2)36-26)10-13-35-23-5-3-4-21(16-23)17-29(18-25(30)31)37(32,33)28-11-14-34-15-12-28/h3-9,16H,10-15,17-18H2,1-2H3,(H,30,31). The van der Waals surface area contributed by atoms with Gasteiger partial charge in [0.15, 0.2) is 0 Å². The van der Waals surface area contributed by atoms with Crippen LogP contribution in [0.1, 0.15) is 22.6 Å². The van der Waals surface area contributed by atoms with Crippen molar-refractivity contribution in [3.8, 4) is 17.2 Å². The van der Waals surface area contributed by atoms with Gasteiger partial charge in [-0.05, 0) is 43.7 Å². The first-order valence-electron chi connectivity index (χ1n) is 12.0. The van der Waals surface area contributed by atoms with Gasteiger partial charge in [0.2, 0.25) is 5.89 Å². The molecular formula is C26H31N3O7S. The van der Waals surface area contributed by atoms with Gasteiger partial charge >= 0.3 is 5.97 Å². The lowest BCUT2D eigenvalue weighted by Gasteiger charge is -2.31. The quantitative estimate of drug-likeness (QED) is 0.402. The second-order valence-corrected chi connectivity index (χ2v) is 10.7. The van der Waals surface area contributed by atoms with Crippen molar-refractivity contribution in [3.63, 3.8) is 0 Å². The third kappa shape index (κ3) is 6.95. The van der Waals surface area contributed by atoms with Gasteiger partial charge in [0, 0.05) is 31.6 Å². The summed E-state index contributed by atoms with van der Waals surface area (Å²) in [6, 6.07) is 14.9. The second kappa shape index (κ2) is 11.9. The Bertz CT molecular complexity index is 1320. The largest absolute Gasteiger partial charge is 0.493 e. The summed E-state index contributed by atoms with van der Waals surface area (Å²) < 4.78 is 45.3. The fourth-order valence-electron chi connectivity index (χ4n) is 3.99. The molecule has 198 valence electrons. The van der Waals surface area contributed by atoms with E-state index in [9.17, 15) is 18.3 Å². The maximum Gasteiger partial charge on any atom is 0.318 e. The van der Waals surface area contributed by atoms with Gasteiger partial charge in [-0.15, -0.1) is 0 Å².